The summed E-state index contributed by atoms with van der Waals surface area (Å²) < 4.78 is 12.7. The van der Waals surface area contributed by atoms with Gasteiger partial charge in [0.1, 0.15) is 10.7 Å². The zero-order chi connectivity index (χ0) is 22.6. The lowest BCUT2D eigenvalue weighted by molar-refractivity contribution is 0.355. The van der Waals surface area contributed by atoms with Crippen LogP contribution in [0.1, 0.15) is 10.6 Å². The molecule has 0 radical (unpaired) electrons. The van der Waals surface area contributed by atoms with Crippen LogP contribution in [0.25, 0.3) is 39.7 Å². The van der Waals surface area contributed by atoms with E-state index in [0.29, 0.717) is 11.5 Å². The van der Waals surface area contributed by atoms with Crippen molar-refractivity contribution in [2.24, 2.45) is 0 Å². The standard InChI is InChI=1S/C26H21N3O2S2/c1-30-22-12-10-18(15-23(22)31-2)21-17-33-25(27-21)13-11-19-16-29(20-7-4-3-5-8-20)28-26(19)24-9-6-14-32-24/h3-17H,1-2H3/b13-11+. The van der Waals surface area contributed by atoms with E-state index in [4.69, 9.17) is 19.6 Å². The molecule has 7 heteroatoms. The summed E-state index contributed by atoms with van der Waals surface area (Å²) >= 11 is 3.28. The molecule has 0 N–H and O–H groups in total. The second-order valence-corrected chi connectivity index (χ2v) is 9.00. The number of benzene rings is 2. The van der Waals surface area contributed by atoms with Crippen molar-refractivity contribution in [3.63, 3.8) is 0 Å². The number of methoxy groups -OCH3 is 2. The monoisotopic (exact) mass is 471 g/mol. The van der Waals surface area contributed by atoms with Gasteiger partial charge in [0.15, 0.2) is 11.5 Å². The Kier molecular flexibility index (Phi) is 6.06. The molecular weight excluding hydrogens is 450 g/mol. The van der Waals surface area contributed by atoms with Gasteiger partial charge in [0.2, 0.25) is 0 Å². The number of thiophene rings is 1. The van der Waals surface area contributed by atoms with Crippen molar-refractivity contribution in [2.75, 3.05) is 14.2 Å². The van der Waals surface area contributed by atoms with Crippen molar-refractivity contribution in [1.29, 1.82) is 0 Å². The van der Waals surface area contributed by atoms with Gasteiger partial charge < -0.3 is 9.47 Å². The average Bonchev–Trinajstić information content (AvgIpc) is 3.63. The fourth-order valence-electron chi connectivity index (χ4n) is 3.48. The largest absolute Gasteiger partial charge is 0.493 e. The Bertz CT molecular complexity index is 1390. The maximum absolute atomic E-state index is 5.43. The van der Waals surface area contributed by atoms with Crippen LogP contribution >= 0.6 is 22.7 Å². The fraction of sp³-hybridized carbons (Fsp3) is 0.0769. The number of hydrogen-bond acceptors (Lipinski definition) is 6. The van der Waals surface area contributed by atoms with Crippen molar-refractivity contribution in [1.82, 2.24) is 14.8 Å². The topological polar surface area (TPSA) is 49.2 Å². The number of hydrogen-bond donors (Lipinski definition) is 0. The lowest BCUT2D eigenvalue weighted by Gasteiger charge is -2.08. The third kappa shape index (κ3) is 4.46. The van der Waals surface area contributed by atoms with Gasteiger partial charge in [0.25, 0.3) is 0 Å². The Labute approximate surface area is 200 Å². The maximum Gasteiger partial charge on any atom is 0.161 e. The van der Waals surface area contributed by atoms with Gasteiger partial charge in [0, 0.05) is 22.7 Å². The molecule has 0 bridgehead atoms. The Morgan fingerprint density at radius 1 is 0.879 bits per heavy atom. The summed E-state index contributed by atoms with van der Waals surface area (Å²) in [6.45, 7) is 0. The Morgan fingerprint density at radius 2 is 1.73 bits per heavy atom. The summed E-state index contributed by atoms with van der Waals surface area (Å²) in [6.07, 6.45) is 6.18. The van der Waals surface area contributed by atoms with Crippen LogP contribution in [0.4, 0.5) is 0 Å². The Morgan fingerprint density at radius 3 is 2.48 bits per heavy atom. The molecule has 33 heavy (non-hydrogen) atoms. The van der Waals surface area contributed by atoms with Gasteiger partial charge in [-0.1, -0.05) is 24.3 Å². The molecule has 164 valence electrons. The molecule has 0 aliphatic carbocycles. The molecule has 0 unspecified atom stereocenters. The summed E-state index contributed by atoms with van der Waals surface area (Å²) in [5.74, 6) is 1.39. The van der Waals surface area contributed by atoms with Crippen LogP contribution in [0.15, 0.2) is 77.6 Å². The zero-order valence-corrected chi connectivity index (χ0v) is 19.8. The van der Waals surface area contributed by atoms with Crippen LogP contribution in [-0.4, -0.2) is 29.0 Å². The van der Waals surface area contributed by atoms with E-state index in [2.05, 4.69) is 41.2 Å². The van der Waals surface area contributed by atoms with E-state index in [1.54, 1.807) is 36.9 Å². The molecule has 0 saturated carbocycles. The van der Waals surface area contributed by atoms with Gasteiger partial charge in [-0.05, 0) is 53.9 Å². The van der Waals surface area contributed by atoms with Crippen LogP contribution < -0.4 is 9.47 Å². The summed E-state index contributed by atoms with van der Waals surface area (Å²) in [5, 5.41) is 9.90. The van der Waals surface area contributed by atoms with Gasteiger partial charge in [0.05, 0.1) is 30.5 Å². The van der Waals surface area contributed by atoms with Crippen LogP contribution in [0, 0.1) is 0 Å². The van der Waals surface area contributed by atoms with Crippen molar-refractivity contribution in [3.05, 3.63) is 88.2 Å². The fourth-order valence-corrected chi connectivity index (χ4v) is 4.93. The molecule has 0 aliphatic rings. The predicted octanol–water partition coefficient (Wildman–Crippen LogP) is 6.91. The van der Waals surface area contributed by atoms with Gasteiger partial charge in [-0.15, -0.1) is 22.7 Å². The second-order valence-electron chi connectivity index (χ2n) is 7.16. The van der Waals surface area contributed by atoms with Gasteiger partial charge in [-0.3, -0.25) is 0 Å². The Balaban J connectivity index is 1.45. The van der Waals surface area contributed by atoms with Crippen molar-refractivity contribution >= 4 is 34.8 Å². The average molecular weight is 472 g/mol. The van der Waals surface area contributed by atoms with Crippen LogP contribution in [-0.2, 0) is 0 Å². The minimum Gasteiger partial charge on any atom is -0.493 e. The predicted molar refractivity (Wildman–Crippen MR) is 136 cm³/mol. The quantitative estimate of drug-likeness (QED) is 0.259. The molecule has 3 heterocycles. The van der Waals surface area contributed by atoms with E-state index in [1.807, 2.05) is 53.2 Å². The highest BCUT2D eigenvalue weighted by atomic mass is 32.1. The highest BCUT2D eigenvalue weighted by Gasteiger charge is 2.12. The first-order chi connectivity index (χ1) is 16.2. The zero-order valence-electron chi connectivity index (χ0n) is 18.1. The van der Waals surface area contributed by atoms with E-state index >= 15 is 0 Å². The molecule has 3 aromatic heterocycles. The van der Waals surface area contributed by atoms with E-state index in [1.165, 1.54) is 0 Å². The van der Waals surface area contributed by atoms with Gasteiger partial charge in [-0.25, -0.2) is 9.67 Å². The first kappa shape index (κ1) is 21.2. The van der Waals surface area contributed by atoms with Gasteiger partial charge >= 0.3 is 0 Å². The number of thiazole rings is 1. The maximum atomic E-state index is 5.43. The number of aromatic nitrogens is 3. The summed E-state index contributed by atoms with van der Waals surface area (Å²) in [5.41, 5.74) is 4.92. The minimum atomic E-state index is 0.689. The molecule has 0 spiro atoms. The van der Waals surface area contributed by atoms with Crippen molar-refractivity contribution in [3.8, 4) is 39.0 Å². The number of rotatable bonds is 7. The van der Waals surface area contributed by atoms with Crippen LogP contribution in [0.5, 0.6) is 11.5 Å². The molecule has 5 nitrogen and oxygen atoms in total. The smallest absolute Gasteiger partial charge is 0.161 e. The molecule has 0 atom stereocenters. The molecule has 5 rings (SSSR count). The number of para-hydroxylation sites is 1. The third-order valence-electron chi connectivity index (χ3n) is 5.12. The lowest BCUT2D eigenvalue weighted by atomic mass is 10.1. The van der Waals surface area contributed by atoms with E-state index < -0.39 is 0 Å². The first-order valence-electron chi connectivity index (χ1n) is 10.3. The highest BCUT2D eigenvalue weighted by Crippen LogP contribution is 2.33. The summed E-state index contributed by atoms with van der Waals surface area (Å²) in [6, 6.07) is 20.1. The van der Waals surface area contributed by atoms with Crippen LogP contribution in [0.3, 0.4) is 0 Å². The molecule has 0 aliphatic heterocycles. The van der Waals surface area contributed by atoms with Crippen molar-refractivity contribution in [2.45, 2.75) is 0 Å². The van der Waals surface area contributed by atoms with E-state index in [0.717, 1.165) is 38.1 Å². The molecule has 2 aromatic carbocycles. The summed E-state index contributed by atoms with van der Waals surface area (Å²) in [7, 11) is 3.27. The SMILES string of the molecule is COc1ccc(-c2csc(/C=C/c3cn(-c4ccccc4)nc3-c3cccs3)n2)cc1OC. The lowest BCUT2D eigenvalue weighted by Crippen LogP contribution is -1.93. The first-order valence-corrected chi connectivity index (χ1v) is 12.1. The molecule has 0 fully saturated rings. The molecule has 5 aromatic rings. The minimum absolute atomic E-state index is 0.689. The summed E-state index contributed by atoms with van der Waals surface area (Å²) in [4.78, 5) is 5.93. The molecule has 0 amide bonds. The number of ether oxygens (including phenoxy) is 2. The van der Waals surface area contributed by atoms with E-state index in [-0.39, 0.29) is 0 Å². The van der Waals surface area contributed by atoms with E-state index in [9.17, 15) is 0 Å². The van der Waals surface area contributed by atoms with Crippen LogP contribution in [0.2, 0.25) is 0 Å². The second kappa shape index (κ2) is 9.44. The molecular formula is C26H21N3O2S2. The van der Waals surface area contributed by atoms with Crippen molar-refractivity contribution < 1.29 is 9.47 Å². The third-order valence-corrected chi connectivity index (χ3v) is 6.81. The van der Waals surface area contributed by atoms with Gasteiger partial charge in [-0.2, -0.15) is 5.10 Å². The highest BCUT2D eigenvalue weighted by molar-refractivity contribution is 7.13. The normalized spacial score (nSPS) is 11.2. The molecule has 0 saturated heterocycles. The number of nitrogens with zero attached hydrogens (tertiary/aromatic N) is 3. The Hall–Kier alpha value is -3.68.